The Morgan fingerprint density at radius 1 is 1.28 bits per heavy atom. The van der Waals surface area contributed by atoms with Crippen molar-refractivity contribution in [2.75, 3.05) is 6.26 Å². The third-order valence-electron chi connectivity index (χ3n) is 3.69. The van der Waals surface area contributed by atoms with Gasteiger partial charge in [-0.15, -0.1) is 0 Å². The van der Waals surface area contributed by atoms with Crippen molar-refractivity contribution < 1.29 is 17.4 Å². The summed E-state index contributed by atoms with van der Waals surface area (Å²) in [6, 6.07) is 2.75. The highest BCUT2D eigenvalue weighted by atomic mass is 32.2. The van der Waals surface area contributed by atoms with E-state index in [1.165, 1.54) is 12.1 Å². The summed E-state index contributed by atoms with van der Waals surface area (Å²) in [5.74, 6) is -1.13. The average molecular weight is 388 g/mol. The van der Waals surface area contributed by atoms with Crippen LogP contribution in [0.15, 0.2) is 26.9 Å². The molecular formula is C16H25N3O4S2. The van der Waals surface area contributed by atoms with E-state index < -0.39 is 32.5 Å². The number of hydrogen-bond donors (Lipinski definition) is 2. The quantitative estimate of drug-likeness (QED) is 0.536. The molecule has 9 heteroatoms. The molecule has 1 rings (SSSR count). The number of sulfone groups is 1. The Labute approximate surface area is 151 Å². The third kappa shape index (κ3) is 5.37. The second kappa shape index (κ2) is 8.57. The van der Waals surface area contributed by atoms with Crippen molar-refractivity contribution in [3.8, 4) is 0 Å². The standard InChI is InChI=1S/C16H25N3O4S2/c1-5-7-10(3)24(21)13-8-11(6-2)12(15(20)19-16(17)18)9-14(13)25(4,22)23/h8-10H,5-7H2,1-4H3,(H4,17,18,19,20). The topological polar surface area (TPSA) is 133 Å². The van der Waals surface area contributed by atoms with Gasteiger partial charge >= 0.3 is 0 Å². The Morgan fingerprint density at radius 3 is 2.32 bits per heavy atom. The lowest BCUT2D eigenvalue weighted by Crippen LogP contribution is -2.24. The van der Waals surface area contributed by atoms with Gasteiger partial charge in [0.15, 0.2) is 15.8 Å². The second-order valence-corrected chi connectivity index (χ2v) is 9.64. The van der Waals surface area contributed by atoms with Gasteiger partial charge in [0.2, 0.25) is 0 Å². The normalized spacial score (nSPS) is 13.9. The van der Waals surface area contributed by atoms with Crippen molar-refractivity contribution in [2.24, 2.45) is 16.5 Å². The number of guanidine groups is 1. The number of nitrogens with zero attached hydrogens (tertiary/aromatic N) is 1. The van der Waals surface area contributed by atoms with Crippen LogP contribution in [0.5, 0.6) is 0 Å². The summed E-state index contributed by atoms with van der Waals surface area (Å²) in [5, 5.41) is -0.200. The molecule has 140 valence electrons. The molecule has 0 aromatic heterocycles. The molecule has 0 radical (unpaired) electrons. The van der Waals surface area contributed by atoms with E-state index in [1.807, 2.05) is 20.8 Å². The van der Waals surface area contributed by atoms with Crippen LogP contribution in [0.25, 0.3) is 0 Å². The first-order valence-electron chi connectivity index (χ1n) is 7.94. The van der Waals surface area contributed by atoms with E-state index in [4.69, 9.17) is 11.5 Å². The first-order valence-corrected chi connectivity index (χ1v) is 11.0. The van der Waals surface area contributed by atoms with Crippen molar-refractivity contribution in [1.29, 1.82) is 0 Å². The number of nitrogens with two attached hydrogens (primary N) is 2. The van der Waals surface area contributed by atoms with Gasteiger partial charge in [0, 0.05) is 17.1 Å². The second-order valence-electron chi connectivity index (χ2n) is 5.82. The molecule has 7 nitrogen and oxygen atoms in total. The first-order chi connectivity index (χ1) is 11.5. The van der Waals surface area contributed by atoms with Crippen LogP contribution in [0.4, 0.5) is 0 Å². The molecule has 1 aromatic carbocycles. The Bertz CT molecular complexity index is 813. The van der Waals surface area contributed by atoms with Crippen molar-refractivity contribution in [2.45, 2.75) is 55.1 Å². The predicted octanol–water partition coefficient (Wildman–Crippen LogP) is 1.36. The van der Waals surface area contributed by atoms with E-state index in [9.17, 15) is 17.4 Å². The number of rotatable bonds is 7. The van der Waals surface area contributed by atoms with Crippen molar-refractivity contribution in [3.05, 3.63) is 23.3 Å². The minimum absolute atomic E-state index is 0.0974. The van der Waals surface area contributed by atoms with E-state index in [1.54, 1.807) is 0 Å². The minimum Gasteiger partial charge on any atom is -0.370 e. The molecule has 2 unspecified atom stereocenters. The predicted molar refractivity (Wildman–Crippen MR) is 99.8 cm³/mol. The summed E-state index contributed by atoms with van der Waals surface area (Å²) in [5.41, 5.74) is 11.1. The summed E-state index contributed by atoms with van der Waals surface area (Å²) in [6.45, 7) is 5.60. The van der Waals surface area contributed by atoms with Crippen LogP contribution in [0.2, 0.25) is 0 Å². The van der Waals surface area contributed by atoms with Crippen LogP contribution < -0.4 is 11.5 Å². The molecule has 1 aromatic rings. The average Bonchev–Trinajstić information content (AvgIpc) is 2.51. The molecule has 0 aliphatic carbocycles. The largest absolute Gasteiger partial charge is 0.370 e. The van der Waals surface area contributed by atoms with E-state index in [0.717, 1.165) is 12.7 Å². The zero-order valence-electron chi connectivity index (χ0n) is 14.9. The zero-order chi connectivity index (χ0) is 19.4. The highest BCUT2D eigenvalue weighted by Gasteiger charge is 2.25. The Kier molecular flexibility index (Phi) is 7.30. The van der Waals surface area contributed by atoms with Crippen LogP contribution in [0.3, 0.4) is 0 Å². The number of amides is 1. The van der Waals surface area contributed by atoms with Crippen LogP contribution in [-0.2, 0) is 27.1 Å². The number of carbonyl (C=O) groups is 1. The minimum atomic E-state index is -3.69. The van der Waals surface area contributed by atoms with Crippen molar-refractivity contribution >= 4 is 32.5 Å². The highest BCUT2D eigenvalue weighted by Crippen LogP contribution is 2.28. The molecule has 0 aliphatic rings. The molecule has 0 saturated carbocycles. The maximum atomic E-state index is 12.8. The van der Waals surface area contributed by atoms with E-state index in [0.29, 0.717) is 18.4 Å². The monoisotopic (exact) mass is 387 g/mol. The summed E-state index contributed by atoms with van der Waals surface area (Å²) < 4.78 is 37.2. The number of aryl methyl sites for hydroxylation is 1. The lowest BCUT2D eigenvalue weighted by atomic mass is 10.0. The fraction of sp³-hybridized carbons (Fsp3) is 0.500. The maximum Gasteiger partial charge on any atom is 0.280 e. The fourth-order valence-electron chi connectivity index (χ4n) is 2.45. The SMILES string of the molecule is CCCC(C)S(=O)c1cc(CC)c(C(=O)N=C(N)N)cc1S(C)(=O)=O. The molecule has 0 heterocycles. The summed E-state index contributed by atoms with van der Waals surface area (Å²) in [6.07, 6.45) is 3.00. The van der Waals surface area contributed by atoms with Crippen LogP contribution in [-0.4, -0.2) is 36.0 Å². The van der Waals surface area contributed by atoms with Gasteiger partial charge in [-0.3, -0.25) is 9.00 Å². The first kappa shape index (κ1) is 21.3. The van der Waals surface area contributed by atoms with Crippen LogP contribution in [0.1, 0.15) is 49.5 Å². The molecule has 4 N–H and O–H groups in total. The van der Waals surface area contributed by atoms with Crippen LogP contribution in [0, 0.1) is 0 Å². The van der Waals surface area contributed by atoms with Crippen LogP contribution >= 0.6 is 0 Å². The third-order valence-corrected chi connectivity index (χ3v) is 6.69. The molecular weight excluding hydrogens is 362 g/mol. The van der Waals surface area contributed by atoms with Crippen molar-refractivity contribution in [1.82, 2.24) is 0 Å². The maximum absolute atomic E-state index is 12.8. The molecule has 2 atom stereocenters. The van der Waals surface area contributed by atoms with Gasteiger partial charge in [-0.05, 0) is 30.5 Å². The van der Waals surface area contributed by atoms with E-state index >= 15 is 0 Å². The highest BCUT2D eigenvalue weighted by molar-refractivity contribution is 7.92. The molecule has 0 saturated heterocycles. The number of aliphatic imine (C=N–C) groups is 1. The smallest absolute Gasteiger partial charge is 0.280 e. The molecule has 0 spiro atoms. The van der Waals surface area contributed by atoms with E-state index in [-0.39, 0.29) is 20.6 Å². The van der Waals surface area contributed by atoms with Gasteiger partial charge in [0.1, 0.15) is 0 Å². The molecule has 0 fully saturated rings. The van der Waals surface area contributed by atoms with Gasteiger partial charge in [-0.2, -0.15) is 4.99 Å². The van der Waals surface area contributed by atoms with Gasteiger partial charge < -0.3 is 11.5 Å². The molecule has 0 aliphatic heterocycles. The van der Waals surface area contributed by atoms with E-state index in [2.05, 4.69) is 4.99 Å². The number of benzene rings is 1. The lowest BCUT2D eigenvalue weighted by molar-refractivity contribution is 0.100. The number of hydrogen-bond acceptors (Lipinski definition) is 4. The van der Waals surface area contributed by atoms with Crippen molar-refractivity contribution in [3.63, 3.8) is 0 Å². The lowest BCUT2D eigenvalue weighted by Gasteiger charge is -2.16. The summed E-state index contributed by atoms with van der Waals surface area (Å²) >= 11 is 0. The molecule has 25 heavy (non-hydrogen) atoms. The zero-order valence-corrected chi connectivity index (χ0v) is 16.5. The number of carbonyl (C=O) groups excluding carboxylic acids is 1. The molecule has 0 bridgehead atoms. The molecule has 1 amide bonds. The van der Waals surface area contributed by atoms with Gasteiger partial charge in [-0.1, -0.05) is 27.2 Å². The van der Waals surface area contributed by atoms with Gasteiger partial charge in [0.05, 0.1) is 20.6 Å². The fourth-order valence-corrected chi connectivity index (χ4v) is 5.30. The van der Waals surface area contributed by atoms with Gasteiger partial charge in [0.25, 0.3) is 5.91 Å². The summed E-state index contributed by atoms with van der Waals surface area (Å²) in [4.78, 5) is 15.8. The Hall–Kier alpha value is -1.74. The Morgan fingerprint density at radius 2 is 1.88 bits per heavy atom. The van der Waals surface area contributed by atoms with Gasteiger partial charge in [-0.25, -0.2) is 8.42 Å². The summed E-state index contributed by atoms with van der Waals surface area (Å²) in [7, 11) is -5.20. The Balaban J connectivity index is 3.67.